The molecule has 0 saturated heterocycles. The molecule has 1 atom stereocenters. The number of rotatable bonds is 8. The van der Waals surface area contributed by atoms with Crippen LogP contribution < -0.4 is 5.32 Å². The van der Waals surface area contributed by atoms with Crippen molar-refractivity contribution < 1.29 is 9.90 Å². The van der Waals surface area contributed by atoms with Gasteiger partial charge in [0.2, 0.25) is 5.91 Å². The standard InChI is InChI=1S/C18H24N4O2/c23-16-10-14(11-16)17(12-15-4-1-2-6-20-15)21-18(24)5-3-8-22-9-7-19-13-22/h1-2,4,6-7,9,13-14,16-17,23H,3,5,8,10-12H2,(H,21,24)/t14?,16?,17-/m1/s1. The van der Waals surface area contributed by atoms with E-state index < -0.39 is 0 Å². The second-order valence-corrected chi connectivity index (χ2v) is 6.49. The normalized spacial score (nSPS) is 21.0. The first kappa shape index (κ1) is 16.6. The Labute approximate surface area is 141 Å². The zero-order valence-corrected chi connectivity index (χ0v) is 13.7. The largest absolute Gasteiger partial charge is 0.393 e. The van der Waals surface area contributed by atoms with Crippen molar-refractivity contribution in [3.05, 3.63) is 48.8 Å². The van der Waals surface area contributed by atoms with Crippen LogP contribution >= 0.6 is 0 Å². The third kappa shape index (κ3) is 4.64. The van der Waals surface area contributed by atoms with E-state index in [1.54, 1.807) is 18.7 Å². The van der Waals surface area contributed by atoms with Crippen LogP contribution in [0.25, 0.3) is 0 Å². The molecule has 2 aromatic heterocycles. The molecule has 0 spiro atoms. The lowest BCUT2D eigenvalue weighted by molar-refractivity contribution is -0.123. The van der Waals surface area contributed by atoms with Crippen LogP contribution in [0.5, 0.6) is 0 Å². The summed E-state index contributed by atoms with van der Waals surface area (Å²) in [6.07, 6.45) is 10.5. The maximum atomic E-state index is 12.3. The van der Waals surface area contributed by atoms with Gasteiger partial charge in [-0.05, 0) is 37.3 Å². The number of nitrogens with zero attached hydrogens (tertiary/aromatic N) is 3. The van der Waals surface area contributed by atoms with Crippen LogP contribution in [0.4, 0.5) is 0 Å². The number of aliphatic hydroxyl groups is 1. The number of aromatic nitrogens is 3. The van der Waals surface area contributed by atoms with Gasteiger partial charge in [0, 0.05) is 49.7 Å². The molecule has 1 amide bonds. The van der Waals surface area contributed by atoms with Crippen molar-refractivity contribution in [2.45, 2.75) is 50.8 Å². The maximum Gasteiger partial charge on any atom is 0.220 e. The van der Waals surface area contributed by atoms with Crippen molar-refractivity contribution in [3.63, 3.8) is 0 Å². The van der Waals surface area contributed by atoms with Gasteiger partial charge in [0.15, 0.2) is 0 Å². The molecule has 2 N–H and O–H groups in total. The molecule has 1 saturated carbocycles. The van der Waals surface area contributed by atoms with Crippen molar-refractivity contribution in [1.82, 2.24) is 19.9 Å². The zero-order valence-electron chi connectivity index (χ0n) is 13.7. The number of amides is 1. The fourth-order valence-corrected chi connectivity index (χ4v) is 3.16. The van der Waals surface area contributed by atoms with Gasteiger partial charge in [-0.25, -0.2) is 4.98 Å². The predicted molar refractivity (Wildman–Crippen MR) is 90.1 cm³/mol. The molecule has 0 aliphatic heterocycles. The fraction of sp³-hybridized carbons (Fsp3) is 0.500. The molecule has 6 heteroatoms. The molecule has 3 rings (SSSR count). The van der Waals surface area contributed by atoms with Gasteiger partial charge < -0.3 is 15.0 Å². The second-order valence-electron chi connectivity index (χ2n) is 6.49. The van der Waals surface area contributed by atoms with E-state index in [0.29, 0.717) is 18.8 Å². The molecule has 0 radical (unpaired) electrons. The first-order valence-electron chi connectivity index (χ1n) is 8.54. The number of carbonyl (C=O) groups excluding carboxylic acids is 1. The van der Waals surface area contributed by atoms with E-state index in [9.17, 15) is 9.90 Å². The van der Waals surface area contributed by atoms with Crippen molar-refractivity contribution in [2.24, 2.45) is 5.92 Å². The molecular weight excluding hydrogens is 304 g/mol. The number of imidazole rings is 1. The van der Waals surface area contributed by atoms with Crippen LogP contribution in [-0.2, 0) is 17.8 Å². The molecule has 1 fully saturated rings. The Balaban J connectivity index is 1.50. The third-order valence-electron chi connectivity index (χ3n) is 4.60. The number of hydrogen-bond acceptors (Lipinski definition) is 4. The second kappa shape index (κ2) is 8.06. The Morgan fingerprint density at radius 1 is 1.38 bits per heavy atom. The summed E-state index contributed by atoms with van der Waals surface area (Å²) in [4.78, 5) is 20.6. The highest BCUT2D eigenvalue weighted by molar-refractivity contribution is 5.76. The zero-order chi connectivity index (χ0) is 16.8. The van der Waals surface area contributed by atoms with Gasteiger partial charge >= 0.3 is 0 Å². The van der Waals surface area contributed by atoms with E-state index in [2.05, 4.69) is 15.3 Å². The highest BCUT2D eigenvalue weighted by atomic mass is 16.3. The average Bonchev–Trinajstić information content (AvgIpc) is 3.06. The minimum atomic E-state index is -0.223. The van der Waals surface area contributed by atoms with Gasteiger partial charge in [-0.3, -0.25) is 9.78 Å². The molecular formula is C18H24N4O2. The number of aryl methyl sites for hydroxylation is 1. The van der Waals surface area contributed by atoms with Crippen LogP contribution in [0.2, 0.25) is 0 Å². The number of hydrogen-bond donors (Lipinski definition) is 2. The molecule has 0 aromatic carbocycles. The quantitative estimate of drug-likeness (QED) is 0.770. The predicted octanol–water partition coefficient (Wildman–Crippen LogP) is 1.56. The number of nitrogens with one attached hydrogen (secondary N) is 1. The summed E-state index contributed by atoms with van der Waals surface area (Å²) in [5.41, 5.74) is 0.975. The third-order valence-corrected chi connectivity index (χ3v) is 4.60. The number of aliphatic hydroxyl groups excluding tert-OH is 1. The van der Waals surface area contributed by atoms with Gasteiger partial charge in [0.25, 0.3) is 0 Å². The minimum absolute atomic E-state index is 0.0454. The van der Waals surface area contributed by atoms with Crippen LogP contribution in [0.1, 0.15) is 31.4 Å². The van der Waals surface area contributed by atoms with Crippen LogP contribution in [0.3, 0.4) is 0 Å². The highest BCUT2D eigenvalue weighted by Crippen LogP contribution is 2.31. The molecule has 0 bridgehead atoms. The molecule has 0 unspecified atom stereocenters. The minimum Gasteiger partial charge on any atom is -0.393 e. The van der Waals surface area contributed by atoms with Gasteiger partial charge in [-0.15, -0.1) is 0 Å². The van der Waals surface area contributed by atoms with E-state index in [1.807, 2.05) is 29.0 Å². The Kier molecular flexibility index (Phi) is 5.59. The summed E-state index contributed by atoms with van der Waals surface area (Å²) in [5.74, 6) is 0.400. The van der Waals surface area contributed by atoms with E-state index >= 15 is 0 Å². The van der Waals surface area contributed by atoms with Gasteiger partial charge in [0.05, 0.1) is 12.4 Å². The summed E-state index contributed by atoms with van der Waals surface area (Å²) >= 11 is 0. The van der Waals surface area contributed by atoms with E-state index in [4.69, 9.17) is 0 Å². The molecule has 2 heterocycles. The van der Waals surface area contributed by atoms with Crippen molar-refractivity contribution in [1.29, 1.82) is 0 Å². The molecule has 6 nitrogen and oxygen atoms in total. The van der Waals surface area contributed by atoms with Crippen LogP contribution in [-0.4, -0.2) is 37.7 Å². The average molecular weight is 328 g/mol. The van der Waals surface area contributed by atoms with Crippen molar-refractivity contribution in [2.75, 3.05) is 0 Å². The lowest BCUT2D eigenvalue weighted by Crippen LogP contribution is -2.48. The fourth-order valence-electron chi connectivity index (χ4n) is 3.16. The first-order chi connectivity index (χ1) is 11.7. The number of pyridine rings is 1. The Hall–Kier alpha value is -2.21. The SMILES string of the molecule is O=C(CCCn1ccnc1)N[C@H](Cc1ccccn1)C1CC(O)C1. The first-order valence-corrected chi connectivity index (χ1v) is 8.54. The lowest BCUT2D eigenvalue weighted by Gasteiger charge is -2.38. The summed E-state index contributed by atoms with van der Waals surface area (Å²) in [6, 6.07) is 5.87. The number of carbonyl (C=O) groups is 1. The summed E-state index contributed by atoms with van der Waals surface area (Å²) in [7, 11) is 0. The highest BCUT2D eigenvalue weighted by Gasteiger charge is 2.34. The smallest absolute Gasteiger partial charge is 0.220 e. The van der Waals surface area contributed by atoms with Gasteiger partial charge in [0.1, 0.15) is 0 Å². The molecule has 1 aliphatic rings. The Bertz CT molecular complexity index is 624. The van der Waals surface area contributed by atoms with Crippen LogP contribution in [0.15, 0.2) is 43.1 Å². The summed E-state index contributed by atoms with van der Waals surface area (Å²) in [5, 5.41) is 12.7. The topological polar surface area (TPSA) is 80.0 Å². The van der Waals surface area contributed by atoms with Crippen molar-refractivity contribution in [3.8, 4) is 0 Å². The summed E-state index contributed by atoms with van der Waals surface area (Å²) < 4.78 is 1.97. The Morgan fingerprint density at radius 2 is 2.25 bits per heavy atom. The van der Waals surface area contributed by atoms with Gasteiger partial charge in [-0.2, -0.15) is 0 Å². The Morgan fingerprint density at radius 3 is 2.92 bits per heavy atom. The molecule has 1 aliphatic carbocycles. The van der Waals surface area contributed by atoms with Gasteiger partial charge in [-0.1, -0.05) is 6.07 Å². The monoisotopic (exact) mass is 328 g/mol. The molecule has 128 valence electrons. The van der Waals surface area contributed by atoms with E-state index in [-0.39, 0.29) is 18.1 Å². The van der Waals surface area contributed by atoms with E-state index in [1.165, 1.54) is 0 Å². The molecule has 2 aromatic rings. The van der Waals surface area contributed by atoms with Crippen LogP contribution in [0, 0.1) is 5.92 Å². The maximum absolute atomic E-state index is 12.3. The van der Waals surface area contributed by atoms with E-state index in [0.717, 1.165) is 31.5 Å². The molecule has 24 heavy (non-hydrogen) atoms. The summed E-state index contributed by atoms with van der Waals surface area (Å²) in [6.45, 7) is 0.792. The van der Waals surface area contributed by atoms with Crippen molar-refractivity contribution >= 4 is 5.91 Å². The lowest BCUT2D eigenvalue weighted by atomic mass is 9.76.